The van der Waals surface area contributed by atoms with Gasteiger partial charge in [-0.1, -0.05) is 36.4 Å². The van der Waals surface area contributed by atoms with E-state index in [-0.39, 0.29) is 5.82 Å². The first-order chi connectivity index (χ1) is 11.7. The van der Waals surface area contributed by atoms with E-state index in [4.69, 9.17) is 12.2 Å². The van der Waals surface area contributed by atoms with Crippen molar-refractivity contribution in [3.8, 4) is 0 Å². The summed E-state index contributed by atoms with van der Waals surface area (Å²) in [6.45, 7) is 3.52. The maximum atomic E-state index is 13.2. The lowest BCUT2D eigenvalue weighted by Crippen LogP contribution is -2.48. The van der Waals surface area contributed by atoms with E-state index < -0.39 is 0 Å². The van der Waals surface area contributed by atoms with E-state index >= 15 is 0 Å². The van der Waals surface area contributed by atoms with Crippen LogP contribution in [0.15, 0.2) is 60.8 Å². The molecule has 0 radical (unpaired) electrons. The molecule has 0 aliphatic carbocycles. The van der Waals surface area contributed by atoms with Crippen LogP contribution in [0.3, 0.4) is 0 Å². The van der Waals surface area contributed by atoms with E-state index in [0.29, 0.717) is 10.8 Å². The number of hydrogen-bond acceptors (Lipinski definition) is 2. The summed E-state index contributed by atoms with van der Waals surface area (Å²) >= 11 is 5.43. The number of nitrogens with zero attached hydrogens (tertiary/aromatic N) is 2. The van der Waals surface area contributed by atoms with Gasteiger partial charge in [-0.25, -0.2) is 4.39 Å². The predicted octanol–water partition coefficient (Wildman–Crippen LogP) is 3.81. The number of piperazine rings is 1. The summed E-state index contributed by atoms with van der Waals surface area (Å²) in [5.74, 6) is -0.265. The van der Waals surface area contributed by atoms with Crippen LogP contribution in [0, 0.1) is 5.82 Å². The monoisotopic (exact) mass is 341 g/mol. The number of benzene rings is 2. The van der Waals surface area contributed by atoms with Crippen LogP contribution in [0.2, 0.25) is 0 Å². The van der Waals surface area contributed by atoms with E-state index in [1.54, 1.807) is 6.07 Å². The van der Waals surface area contributed by atoms with Gasteiger partial charge in [0.1, 0.15) is 5.82 Å². The Bertz CT molecular complexity index is 710. The number of nitrogens with one attached hydrogen (secondary N) is 1. The SMILES string of the molecule is Fc1cccc(NC(=S)N2CCN(/C=C/c3ccccc3)CC2)c1. The molecule has 2 aromatic rings. The Morgan fingerprint density at radius 2 is 1.75 bits per heavy atom. The third-order valence-corrected chi connectivity index (χ3v) is 4.32. The van der Waals surface area contributed by atoms with Crippen molar-refractivity contribution < 1.29 is 4.39 Å². The fourth-order valence-corrected chi connectivity index (χ4v) is 2.90. The lowest BCUT2D eigenvalue weighted by atomic mass is 10.2. The smallest absolute Gasteiger partial charge is 0.173 e. The summed E-state index contributed by atoms with van der Waals surface area (Å²) in [6.07, 6.45) is 4.26. The first kappa shape index (κ1) is 16.5. The van der Waals surface area contributed by atoms with Crippen molar-refractivity contribution >= 4 is 29.1 Å². The fourth-order valence-electron chi connectivity index (χ4n) is 2.60. The first-order valence-corrected chi connectivity index (χ1v) is 8.40. The lowest BCUT2D eigenvalue weighted by molar-refractivity contribution is 0.241. The van der Waals surface area contributed by atoms with Crippen LogP contribution in [0.1, 0.15) is 5.56 Å². The van der Waals surface area contributed by atoms with Crippen LogP contribution >= 0.6 is 12.2 Å². The van der Waals surface area contributed by atoms with Crippen LogP contribution in [0.5, 0.6) is 0 Å². The van der Waals surface area contributed by atoms with Crippen molar-refractivity contribution in [3.05, 3.63) is 72.2 Å². The van der Waals surface area contributed by atoms with Gasteiger partial charge in [0.25, 0.3) is 0 Å². The molecule has 3 rings (SSSR count). The molecular weight excluding hydrogens is 321 g/mol. The molecular formula is C19H20FN3S. The van der Waals surface area contributed by atoms with Crippen LogP contribution < -0.4 is 5.32 Å². The topological polar surface area (TPSA) is 18.5 Å². The number of rotatable bonds is 3. The van der Waals surface area contributed by atoms with E-state index in [9.17, 15) is 4.39 Å². The molecule has 0 unspecified atom stereocenters. The molecule has 0 atom stereocenters. The Balaban J connectivity index is 1.49. The zero-order valence-electron chi connectivity index (χ0n) is 13.4. The lowest BCUT2D eigenvalue weighted by Gasteiger charge is -2.35. The maximum absolute atomic E-state index is 13.2. The second-order valence-electron chi connectivity index (χ2n) is 5.69. The highest BCUT2D eigenvalue weighted by Crippen LogP contribution is 2.12. The van der Waals surface area contributed by atoms with E-state index in [2.05, 4.69) is 39.5 Å². The van der Waals surface area contributed by atoms with Crippen molar-refractivity contribution in [3.63, 3.8) is 0 Å². The minimum Gasteiger partial charge on any atom is -0.374 e. The molecule has 1 fully saturated rings. The molecule has 0 saturated carbocycles. The van der Waals surface area contributed by atoms with Gasteiger partial charge in [-0.3, -0.25) is 0 Å². The average Bonchev–Trinajstić information content (AvgIpc) is 2.61. The van der Waals surface area contributed by atoms with E-state index in [0.717, 1.165) is 26.2 Å². The van der Waals surface area contributed by atoms with Crippen LogP contribution in [-0.2, 0) is 0 Å². The van der Waals surface area contributed by atoms with Gasteiger partial charge in [0, 0.05) is 31.9 Å². The molecule has 2 aromatic carbocycles. The maximum Gasteiger partial charge on any atom is 0.173 e. The third-order valence-electron chi connectivity index (χ3n) is 3.95. The Kier molecular flexibility index (Phi) is 5.43. The van der Waals surface area contributed by atoms with Gasteiger partial charge >= 0.3 is 0 Å². The minimum atomic E-state index is -0.265. The fraction of sp³-hybridized carbons (Fsp3) is 0.211. The second kappa shape index (κ2) is 7.93. The van der Waals surface area contributed by atoms with Crippen molar-refractivity contribution in [1.82, 2.24) is 9.80 Å². The van der Waals surface area contributed by atoms with Gasteiger partial charge in [-0.05, 0) is 48.3 Å². The number of halogens is 1. The largest absolute Gasteiger partial charge is 0.374 e. The summed E-state index contributed by atoms with van der Waals surface area (Å²) in [5.41, 5.74) is 1.88. The summed E-state index contributed by atoms with van der Waals surface area (Å²) in [4.78, 5) is 4.40. The second-order valence-corrected chi connectivity index (χ2v) is 6.08. The molecule has 1 N–H and O–H groups in total. The number of thiocarbonyl (C=S) groups is 1. The molecule has 5 heteroatoms. The van der Waals surface area contributed by atoms with Crippen molar-refractivity contribution in [2.75, 3.05) is 31.5 Å². The highest BCUT2D eigenvalue weighted by molar-refractivity contribution is 7.80. The van der Waals surface area contributed by atoms with E-state index in [1.165, 1.54) is 17.7 Å². The van der Waals surface area contributed by atoms with E-state index in [1.807, 2.05) is 24.3 Å². The molecule has 0 spiro atoms. The molecule has 0 amide bonds. The zero-order valence-corrected chi connectivity index (χ0v) is 14.2. The molecule has 0 bridgehead atoms. The Morgan fingerprint density at radius 1 is 1.00 bits per heavy atom. The molecule has 1 saturated heterocycles. The minimum absolute atomic E-state index is 0.265. The normalized spacial score (nSPS) is 14.9. The number of hydrogen-bond donors (Lipinski definition) is 1. The molecule has 124 valence electrons. The van der Waals surface area contributed by atoms with Crippen molar-refractivity contribution in [2.24, 2.45) is 0 Å². The van der Waals surface area contributed by atoms with Gasteiger partial charge in [-0.2, -0.15) is 0 Å². The van der Waals surface area contributed by atoms with Crippen molar-refractivity contribution in [1.29, 1.82) is 0 Å². The Morgan fingerprint density at radius 3 is 2.46 bits per heavy atom. The summed E-state index contributed by atoms with van der Waals surface area (Å²) in [5, 5.41) is 3.75. The molecule has 3 nitrogen and oxygen atoms in total. The van der Waals surface area contributed by atoms with Crippen LogP contribution in [0.4, 0.5) is 10.1 Å². The highest BCUT2D eigenvalue weighted by Gasteiger charge is 2.16. The predicted molar refractivity (Wildman–Crippen MR) is 101 cm³/mol. The third kappa shape index (κ3) is 4.55. The molecule has 0 aromatic heterocycles. The summed E-state index contributed by atoms with van der Waals surface area (Å²) in [7, 11) is 0. The van der Waals surface area contributed by atoms with Gasteiger partial charge < -0.3 is 15.1 Å². The van der Waals surface area contributed by atoms with Crippen LogP contribution in [0.25, 0.3) is 6.08 Å². The zero-order chi connectivity index (χ0) is 16.8. The summed E-state index contributed by atoms with van der Waals surface area (Å²) < 4.78 is 13.2. The quantitative estimate of drug-likeness (QED) is 0.856. The molecule has 1 aliphatic rings. The highest BCUT2D eigenvalue weighted by atomic mass is 32.1. The molecule has 1 aliphatic heterocycles. The number of anilines is 1. The summed E-state index contributed by atoms with van der Waals surface area (Å²) in [6, 6.07) is 16.6. The van der Waals surface area contributed by atoms with Crippen molar-refractivity contribution in [2.45, 2.75) is 0 Å². The molecule has 24 heavy (non-hydrogen) atoms. The van der Waals surface area contributed by atoms with Gasteiger partial charge in [0.2, 0.25) is 0 Å². The van der Waals surface area contributed by atoms with Gasteiger partial charge in [0.05, 0.1) is 0 Å². The van der Waals surface area contributed by atoms with Gasteiger partial charge in [0.15, 0.2) is 5.11 Å². The first-order valence-electron chi connectivity index (χ1n) is 7.99. The Labute approximate surface area is 147 Å². The Hall–Kier alpha value is -2.40. The molecule has 1 heterocycles. The van der Waals surface area contributed by atoms with Crippen LogP contribution in [-0.4, -0.2) is 41.1 Å². The standard InChI is InChI=1S/C19H20FN3S/c20-17-7-4-8-18(15-17)21-19(24)23-13-11-22(12-14-23)10-9-16-5-2-1-3-6-16/h1-10,15H,11-14H2,(H,21,24)/b10-9+. The van der Waals surface area contributed by atoms with Gasteiger partial charge in [-0.15, -0.1) is 0 Å². The average molecular weight is 341 g/mol.